The van der Waals surface area contributed by atoms with E-state index in [1.54, 1.807) is 17.3 Å². The van der Waals surface area contributed by atoms with Gasteiger partial charge in [0, 0.05) is 38.8 Å². The molecule has 0 spiro atoms. The minimum absolute atomic E-state index is 0.0665. The van der Waals surface area contributed by atoms with Crippen LogP contribution in [0.25, 0.3) is 11.0 Å². The van der Waals surface area contributed by atoms with E-state index < -0.39 is 12.0 Å². The largest absolute Gasteiger partial charge is 0.480 e. The van der Waals surface area contributed by atoms with Crippen molar-refractivity contribution in [2.75, 3.05) is 19.6 Å². The van der Waals surface area contributed by atoms with Gasteiger partial charge in [-0.3, -0.25) is 9.78 Å². The Hall–Kier alpha value is -2.68. The van der Waals surface area contributed by atoms with Crippen LogP contribution >= 0.6 is 0 Å². The van der Waals surface area contributed by atoms with E-state index in [9.17, 15) is 9.59 Å². The third-order valence-corrected chi connectivity index (χ3v) is 5.08. The molecule has 1 atom stereocenters. The first-order valence-corrected chi connectivity index (χ1v) is 9.29. The molecule has 1 saturated heterocycles. The molecular formula is C18H26N6O3. The normalized spacial score (nSPS) is 16.4. The number of imidazole rings is 1. The van der Waals surface area contributed by atoms with Crippen LogP contribution in [0.2, 0.25) is 0 Å². The second kappa shape index (κ2) is 8.34. The number of pyridine rings is 1. The van der Waals surface area contributed by atoms with Crippen molar-refractivity contribution >= 4 is 23.0 Å². The summed E-state index contributed by atoms with van der Waals surface area (Å²) in [7, 11) is 0. The molecule has 0 saturated carbocycles. The summed E-state index contributed by atoms with van der Waals surface area (Å²) < 4.78 is 2.27. The van der Waals surface area contributed by atoms with E-state index in [1.165, 1.54) is 0 Å². The molecule has 1 aliphatic heterocycles. The lowest BCUT2D eigenvalue weighted by Gasteiger charge is -2.32. The highest BCUT2D eigenvalue weighted by Crippen LogP contribution is 2.23. The SMILES string of the molecule is CCc1nc2cnccc2n1CC1CCN(C(=O)NCC(N)C(=O)O)CC1. The average Bonchev–Trinajstić information content (AvgIpc) is 3.04. The number of nitrogens with zero attached hydrogens (tertiary/aromatic N) is 4. The number of hydrogen-bond donors (Lipinski definition) is 3. The molecule has 27 heavy (non-hydrogen) atoms. The van der Waals surface area contributed by atoms with Crippen LogP contribution in [0.15, 0.2) is 18.5 Å². The van der Waals surface area contributed by atoms with Gasteiger partial charge >= 0.3 is 12.0 Å². The van der Waals surface area contributed by atoms with Crippen molar-refractivity contribution in [2.45, 2.75) is 38.8 Å². The summed E-state index contributed by atoms with van der Waals surface area (Å²) in [4.78, 5) is 33.4. The third kappa shape index (κ3) is 4.36. The first-order chi connectivity index (χ1) is 13.0. The number of fused-ring (bicyclic) bond motifs is 1. The Bertz CT molecular complexity index is 813. The van der Waals surface area contributed by atoms with Gasteiger partial charge in [0.15, 0.2) is 0 Å². The zero-order valence-electron chi connectivity index (χ0n) is 15.5. The number of aromatic nitrogens is 3. The van der Waals surface area contributed by atoms with Crippen LogP contribution < -0.4 is 11.1 Å². The number of aliphatic carboxylic acids is 1. The maximum Gasteiger partial charge on any atom is 0.322 e. The van der Waals surface area contributed by atoms with Crippen molar-refractivity contribution in [1.29, 1.82) is 0 Å². The Balaban J connectivity index is 1.56. The first-order valence-electron chi connectivity index (χ1n) is 9.29. The molecule has 2 aromatic heterocycles. The Labute approximate surface area is 157 Å². The number of carbonyl (C=O) groups excluding carboxylic acids is 1. The summed E-state index contributed by atoms with van der Waals surface area (Å²) in [6, 6.07) is 0.664. The second-order valence-electron chi connectivity index (χ2n) is 6.92. The number of nitrogens with two attached hydrogens (primary N) is 1. The van der Waals surface area contributed by atoms with Crippen LogP contribution in [-0.4, -0.2) is 62.2 Å². The number of urea groups is 1. The first kappa shape index (κ1) is 19.1. The number of hydrogen-bond acceptors (Lipinski definition) is 5. The van der Waals surface area contributed by atoms with Gasteiger partial charge in [-0.05, 0) is 24.8 Å². The molecule has 1 aliphatic rings. The van der Waals surface area contributed by atoms with E-state index in [2.05, 4.69) is 26.8 Å². The van der Waals surface area contributed by atoms with Crippen molar-refractivity contribution in [3.05, 3.63) is 24.3 Å². The highest BCUT2D eigenvalue weighted by molar-refractivity contribution is 5.77. The van der Waals surface area contributed by atoms with Crippen LogP contribution in [-0.2, 0) is 17.8 Å². The molecule has 2 amide bonds. The number of likely N-dealkylation sites (tertiary alicyclic amines) is 1. The zero-order valence-corrected chi connectivity index (χ0v) is 15.5. The average molecular weight is 374 g/mol. The Kier molecular flexibility index (Phi) is 5.90. The summed E-state index contributed by atoms with van der Waals surface area (Å²) in [5.41, 5.74) is 7.44. The van der Waals surface area contributed by atoms with Crippen LogP contribution in [0, 0.1) is 5.92 Å². The number of carbonyl (C=O) groups is 2. The number of carboxylic acids is 1. The predicted octanol–water partition coefficient (Wildman–Crippen LogP) is 0.827. The van der Waals surface area contributed by atoms with Gasteiger partial charge in [0.05, 0.1) is 11.7 Å². The van der Waals surface area contributed by atoms with E-state index in [4.69, 9.17) is 10.8 Å². The van der Waals surface area contributed by atoms with Gasteiger partial charge in [-0.15, -0.1) is 0 Å². The topological polar surface area (TPSA) is 126 Å². The molecule has 2 aromatic rings. The molecule has 3 rings (SSSR count). The van der Waals surface area contributed by atoms with Gasteiger partial charge in [0.2, 0.25) is 0 Å². The summed E-state index contributed by atoms with van der Waals surface area (Å²) in [5, 5.41) is 11.4. The fourth-order valence-electron chi connectivity index (χ4n) is 3.48. The molecule has 0 radical (unpaired) electrons. The Morgan fingerprint density at radius 1 is 1.41 bits per heavy atom. The van der Waals surface area contributed by atoms with Gasteiger partial charge in [-0.2, -0.15) is 0 Å². The molecule has 4 N–H and O–H groups in total. The van der Waals surface area contributed by atoms with Crippen LogP contribution in [0.1, 0.15) is 25.6 Å². The van der Waals surface area contributed by atoms with Gasteiger partial charge in [0.1, 0.15) is 17.4 Å². The molecule has 1 unspecified atom stereocenters. The number of rotatable bonds is 6. The molecule has 146 valence electrons. The van der Waals surface area contributed by atoms with Gasteiger partial charge in [-0.25, -0.2) is 9.78 Å². The van der Waals surface area contributed by atoms with Crippen LogP contribution in [0.5, 0.6) is 0 Å². The van der Waals surface area contributed by atoms with Gasteiger partial charge < -0.3 is 25.6 Å². The second-order valence-corrected chi connectivity index (χ2v) is 6.92. The molecule has 9 heteroatoms. The molecule has 1 fully saturated rings. The van der Waals surface area contributed by atoms with E-state index >= 15 is 0 Å². The zero-order chi connectivity index (χ0) is 19.4. The van der Waals surface area contributed by atoms with E-state index in [0.29, 0.717) is 19.0 Å². The van der Waals surface area contributed by atoms with Crippen molar-refractivity contribution in [3.63, 3.8) is 0 Å². The quantitative estimate of drug-likeness (QED) is 0.687. The monoisotopic (exact) mass is 374 g/mol. The summed E-state index contributed by atoms with van der Waals surface area (Å²) >= 11 is 0. The van der Waals surface area contributed by atoms with Crippen molar-refractivity contribution in [3.8, 4) is 0 Å². The highest BCUT2D eigenvalue weighted by atomic mass is 16.4. The summed E-state index contributed by atoms with van der Waals surface area (Å²) in [6.07, 6.45) is 6.23. The molecule has 9 nitrogen and oxygen atoms in total. The van der Waals surface area contributed by atoms with E-state index in [1.807, 2.05) is 6.07 Å². The lowest BCUT2D eigenvalue weighted by atomic mass is 9.96. The lowest BCUT2D eigenvalue weighted by Crippen LogP contribution is -2.49. The third-order valence-electron chi connectivity index (χ3n) is 5.08. The standard InChI is InChI=1S/C18H26N6O3/c1-2-16-22-14-10-20-6-3-15(14)24(16)11-12-4-7-23(8-5-12)18(27)21-9-13(19)17(25)26/h3,6,10,12-13H,2,4-5,7-9,11,19H2,1H3,(H,21,27)(H,25,26). The fraction of sp³-hybridized carbons (Fsp3) is 0.556. The molecular weight excluding hydrogens is 348 g/mol. The van der Waals surface area contributed by atoms with E-state index in [-0.39, 0.29) is 12.6 Å². The number of piperidine rings is 1. The summed E-state index contributed by atoms with van der Waals surface area (Å²) in [6.45, 7) is 4.20. The smallest absolute Gasteiger partial charge is 0.322 e. The minimum Gasteiger partial charge on any atom is -0.480 e. The molecule has 0 aliphatic carbocycles. The van der Waals surface area contributed by atoms with Gasteiger partial charge in [0.25, 0.3) is 0 Å². The number of amides is 2. The fourth-order valence-corrected chi connectivity index (χ4v) is 3.48. The lowest BCUT2D eigenvalue weighted by molar-refractivity contribution is -0.138. The van der Waals surface area contributed by atoms with Crippen LogP contribution in [0.3, 0.4) is 0 Å². The molecule has 0 aromatic carbocycles. The summed E-state index contributed by atoms with van der Waals surface area (Å²) in [5.74, 6) is 0.399. The van der Waals surface area contributed by atoms with Crippen molar-refractivity contribution in [1.82, 2.24) is 24.8 Å². The Morgan fingerprint density at radius 3 is 2.81 bits per heavy atom. The number of aryl methyl sites for hydroxylation is 1. The molecule has 0 bridgehead atoms. The van der Waals surface area contributed by atoms with Crippen molar-refractivity contribution in [2.24, 2.45) is 11.7 Å². The number of carboxylic acid groups (broad SMARTS) is 1. The van der Waals surface area contributed by atoms with Gasteiger partial charge in [-0.1, -0.05) is 6.92 Å². The maximum atomic E-state index is 12.2. The minimum atomic E-state index is -1.12. The maximum absolute atomic E-state index is 12.2. The Morgan fingerprint density at radius 2 is 2.15 bits per heavy atom. The highest BCUT2D eigenvalue weighted by Gasteiger charge is 2.25. The van der Waals surface area contributed by atoms with E-state index in [0.717, 1.165) is 42.7 Å². The number of nitrogens with one attached hydrogen (secondary N) is 1. The predicted molar refractivity (Wildman–Crippen MR) is 100 cm³/mol. The van der Waals surface area contributed by atoms with Crippen LogP contribution in [0.4, 0.5) is 4.79 Å². The molecule has 3 heterocycles. The van der Waals surface area contributed by atoms with Crippen molar-refractivity contribution < 1.29 is 14.7 Å².